The second kappa shape index (κ2) is 5.83. The normalized spacial score (nSPS) is 14.2. The largest absolute Gasteiger partial charge is 0.459 e. The third-order valence-corrected chi connectivity index (χ3v) is 3.54. The molecule has 1 aliphatic heterocycles. The molecule has 0 atom stereocenters. The maximum Gasteiger partial charge on any atom is 0.291 e. The van der Waals surface area contributed by atoms with E-state index in [1.807, 2.05) is 4.90 Å². The van der Waals surface area contributed by atoms with Crippen LogP contribution >= 0.6 is 0 Å². The van der Waals surface area contributed by atoms with E-state index in [-0.39, 0.29) is 17.6 Å². The standard InChI is InChI=1S/C16H16N2O3/c19-15(14-8-5-11-21-14)17-13-7-2-1-6-12(13)16(20)18-9-3-4-10-18/h1-2,5-8,11H,3-4,9-10H2,(H,17,19). The number of nitrogens with one attached hydrogen (secondary N) is 1. The number of para-hydroxylation sites is 1. The topological polar surface area (TPSA) is 62.6 Å². The van der Waals surface area contributed by atoms with E-state index in [4.69, 9.17) is 4.42 Å². The van der Waals surface area contributed by atoms with Gasteiger partial charge >= 0.3 is 0 Å². The molecule has 1 aromatic carbocycles. The summed E-state index contributed by atoms with van der Waals surface area (Å²) in [6.07, 6.45) is 3.51. The number of hydrogen-bond donors (Lipinski definition) is 1. The van der Waals surface area contributed by atoms with Gasteiger partial charge < -0.3 is 14.6 Å². The smallest absolute Gasteiger partial charge is 0.291 e. The number of amides is 2. The van der Waals surface area contributed by atoms with Crippen LogP contribution in [0.25, 0.3) is 0 Å². The van der Waals surface area contributed by atoms with Gasteiger partial charge in [0.2, 0.25) is 0 Å². The first-order chi connectivity index (χ1) is 10.3. The Labute approximate surface area is 122 Å². The fourth-order valence-corrected chi connectivity index (χ4v) is 2.46. The van der Waals surface area contributed by atoms with Gasteiger partial charge in [-0.25, -0.2) is 0 Å². The number of rotatable bonds is 3. The lowest BCUT2D eigenvalue weighted by Gasteiger charge is -2.17. The molecule has 0 radical (unpaired) electrons. The number of likely N-dealkylation sites (tertiary alicyclic amines) is 1. The molecule has 0 spiro atoms. The Bertz CT molecular complexity index is 643. The summed E-state index contributed by atoms with van der Waals surface area (Å²) in [6, 6.07) is 10.3. The van der Waals surface area contributed by atoms with Gasteiger partial charge in [-0.2, -0.15) is 0 Å². The minimum absolute atomic E-state index is 0.0390. The molecule has 1 aliphatic rings. The Morgan fingerprint density at radius 2 is 1.81 bits per heavy atom. The molecule has 1 aromatic heterocycles. The van der Waals surface area contributed by atoms with Gasteiger partial charge in [0, 0.05) is 13.1 Å². The highest BCUT2D eigenvalue weighted by atomic mass is 16.3. The van der Waals surface area contributed by atoms with Gasteiger partial charge in [-0.3, -0.25) is 9.59 Å². The molecule has 3 rings (SSSR count). The Balaban J connectivity index is 1.82. The molecule has 0 aliphatic carbocycles. The van der Waals surface area contributed by atoms with Crippen LogP contribution < -0.4 is 5.32 Å². The minimum Gasteiger partial charge on any atom is -0.459 e. The molecule has 21 heavy (non-hydrogen) atoms. The molecule has 0 bridgehead atoms. The molecule has 108 valence electrons. The monoisotopic (exact) mass is 284 g/mol. The predicted octanol–water partition coefficient (Wildman–Crippen LogP) is 2.77. The highest BCUT2D eigenvalue weighted by Gasteiger charge is 2.22. The average Bonchev–Trinajstić information content (AvgIpc) is 3.20. The number of furan rings is 1. The Kier molecular flexibility index (Phi) is 3.73. The van der Waals surface area contributed by atoms with Gasteiger partial charge in [-0.1, -0.05) is 12.1 Å². The summed E-state index contributed by atoms with van der Waals surface area (Å²) in [4.78, 5) is 26.3. The van der Waals surface area contributed by atoms with Crippen LogP contribution in [-0.4, -0.2) is 29.8 Å². The Morgan fingerprint density at radius 3 is 2.52 bits per heavy atom. The number of nitrogens with zero attached hydrogens (tertiary/aromatic N) is 1. The van der Waals surface area contributed by atoms with Crippen molar-refractivity contribution in [1.82, 2.24) is 4.90 Å². The number of anilines is 1. The van der Waals surface area contributed by atoms with Crippen molar-refractivity contribution in [3.05, 3.63) is 54.0 Å². The maximum absolute atomic E-state index is 12.5. The highest BCUT2D eigenvalue weighted by Crippen LogP contribution is 2.20. The molecule has 2 heterocycles. The molecule has 0 saturated carbocycles. The highest BCUT2D eigenvalue weighted by molar-refractivity contribution is 6.07. The van der Waals surface area contributed by atoms with E-state index in [9.17, 15) is 9.59 Å². The summed E-state index contributed by atoms with van der Waals surface area (Å²) in [6.45, 7) is 1.55. The van der Waals surface area contributed by atoms with Crippen molar-refractivity contribution in [3.8, 4) is 0 Å². The first-order valence-electron chi connectivity index (χ1n) is 6.99. The first-order valence-corrected chi connectivity index (χ1v) is 6.99. The van der Waals surface area contributed by atoms with Crippen LogP contribution in [0, 0.1) is 0 Å². The average molecular weight is 284 g/mol. The fourth-order valence-electron chi connectivity index (χ4n) is 2.46. The summed E-state index contributed by atoms with van der Waals surface area (Å²) in [5.41, 5.74) is 1.02. The van der Waals surface area contributed by atoms with Gasteiger partial charge in [0.15, 0.2) is 5.76 Å². The van der Waals surface area contributed by atoms with Crippen LogP contribution in [0.4, 0.5) is 5.69 Å². The van der Waals surface area contributed by atoms with Gasteiger partial charge in [0.05, 0.1) is 17.5 Å². The van der Waals surface area contributed by atoms with Crippen molar-refractivity contribution in [1.29, 1.82) is 0 Å². The molecule has 2 aromatic rings. The van der Waals surface area contributed by atoms with E-state index in [0.717, 1.165) is 25.9 Å². The van der Waals surface area contributed by atoms with E-state index in [1.165, 1.54) is 6.26 Å². The maximum atomic E-state index is 12.5. The molecule has 0 unspecified atom stereocenters. The van der Waals surface area contributed by atoms with Crippen LogP contribution in [-0.2, 0) is 0 Å². The van der Waals surface area contributed by atoms with Gasteiger partial charge in [-0.15, -0.1) is 0 Å². The zero-order chi connectivity index (χ0) is 14.7. The summed E-state index contributed by atoms with van der Waals surface area (Å²) in [5, 5.41) is 2.74. The number of hydrogen-bond acceptors (Lipinski definition) is 3. The summed E-state index contributed by atoms with van der Waals surface area (Å²) in [7, 11) is 0. The number of benzene rings is 1. The third-order valence-electron chi connectivity index (χ3n) is 3.54. The predicted molar refractivity (Wildman–Crippen MR) is 78.2 cm³/mol. The van der Waals surface area contributed by atoms with Gasteiger partial charge in [-0.05, 0) is 37.1 Å². The zero-order valence-corrected chi connectivity index (χ0v) is 11.5. The molecule has 2 amide bonds. The lowest BCUT2D eigenvalue weighted by molar-refractivity contribution is 0.0794. The molecule has 5 nitrogen and oxygen atoms in total. The van der Waals surface area contributed by atoms with Crippen LogP contribution in [0.15, 0.2) is 47.1 Å². The van der Waals surface area contributed by atoms with Crippen molar-refractivity contribution in [2.75, 3.05) is 18.4 Å². The molecular weight excluding hydrogens is 268 g/mol. The fraction of sp³-hybridized carbons (Fsp3) is 0.250. The van der Waals surface area contributed by atoms with Crippen LogP contribution in [0.5, 0.6) is 0 Å². The summed E-state index contributed by atoms with van der Waals surface area (Å²) < 4.78 is 5.06. The summed E-state index contributed by atoms with van der Waals surface area (Å²) in [5.74, 6) is -0.178. The Hall–Kier alpha value is -2.56. The van der Waals surface area contributed by atoms with E-state index >= 15 is 0 Å². The van der Waals surface area contributed by atoms with Crippen LogP contribution in [0.3, 0.4) is 0 Å². The van der Waals surface area contributed by atoms with E-state index in [2.05, 4.69) is 5.32 Å². The van der Waals surface area contributed by atoms with E-state index in [1.54, 1.807) is 36.4 Å². The zero-order valence-electron chi connectivity index (χ0n) is 11.5. The molecule has 1 saturated heterocycles. The van der Waals surface area contributed by atoms with E-state index in [0.29, 0.717) is 11.3 Å². The number of carbonyl (C=O) groups excluding carboxylic acids is 2. The molecule has 1 fully saturated rings. The van der Waals surface area contributed by atoms with Crippen LogP contribution in [0.1, 0.15) is 33.8 Å². The van der Waals surface area contributed by atoms with Gasteiger partial charge in [0.1, 0.15) is 0 Å². The van der Waals surface area contributed by atoms with Gasteiger partial charge in [0.25, 0.3) is 11.8 Å². The lowest BCUT2D eigenvalue weighted by atomic mass is 10.1. The van der Waals surface area contributed by atoms with E-state index < -0.39 is 0 Å². The minimum atomic E-state index is -0.360. The quantitative estimate of drug-likeness (QED) is 0.942. The Morgan fingerprint density at radius 1 is 1.05 bits per heavy atom. The third kappa shape index (κ3) is 2.81. The lowest BCUT2D eigenvalue weighted by Crippen LogP contribution is -2.28. The molecular formula is C16H16N2O3. The van der Waals surface area contributed by atoms with Crippen LogP contribution in [0.2, 0.25) is 0 Å². The van der Waals surface area contributed by atoms with Crippen molar-refractivity contribution in [2.45, 2.75) is 12.8 Å². The van der Waals surface area contributed by atoms with Crippen molar-refractivity contribution in [3.63, 3.8) is 0 Å². The summed E-state index contributed by atoms with van der Waals surface area (Å²) >= 11 is 0. The number of carbonyl (C=O) groups is 2. The van der Waals surface area contributed by atoms with Crippen molar-refractivity contribution < 1.29 is 14.0 Å². The first kappa shape index (κ1) is 13.4. The van der Waals surface area contributed by atoms with Crippen molar-refractivity contribution in [2.24, 2.45) is 0 Å². The second-order valence-corrected chi connectivity index (χ2v) is 4.98. The molecule has 5 heteroatoms. The van der Waals surface area contributed by atoms with Crippen molar-refractivity contribution >= 4 is 17.5 Å². The SMILES string of the molecule is O=C(Nc1ccccc1C(=O)N1CCCC1)c1ccco1. The second-order valence-electron chi connectivity index (χ2n) is 4.98. The molecule has 1 N–H and O–H groups in total.